The number of carbonyl (C=O) groups excluding carboxylic acids is 1. The number of aryl methyl sites for hydroxylation is 1. The molecule has 0 spiro atoms. The van der Waals surface area contributed by atoms with E-state index in [-0.39, 0.29) is 5.75 Å². The molecule has 8 heteroatoms. The van der Waals surface area contributed by atoms with Gasteiger partial charge in [-0.3, -0.25) is 0 Å². The van der Waals surface area contributed by atoms with Gasteiger partial charge in [-0.1, -0.05) is 52.0 Å². The van der Waals surface area contributed by atoms with Crippen LogP contribution in [0.1, 0.15) is 5.76 Å². The number of aromatic nitrogens is 1. The molecule has 7 nitrogen and oxygen atoms in total. The fraction of sp³-hybridized carbons (Fsp3) is 0.0588. The van der Waals surface area contributed by atoms with Crippen LogP contribution < -0.4 is 4.74 Å². The van der Waals surface area contributed by atoms with Crippen molar-refractivity contribution in [1.82, 2.24) is 5.16 Å². The fourth-order valence-corrected chi connectivity index (χ4v) is 2.53. The molecule has 0 atom stereocenters. The lowest BCUT2D eigenvalue weighted by Gasteiger charge is -2.05. The largest absolute Gasteiger partial charge is 0.454 e. The van der Waals surface area contributed by atoms with Crippen LogP contribution in [0.3, 0.4) is 0 Å². The molecule has 0 fully saturated rings. The summed E-state index contributed by atoms with van der Waals surface area (Å²) >= 11 is 0. The molecule has 1 aromatic heterocycles. The number of rotatable bonds is 3. The Morgan fingerprint density at radius 3 is 2.36 bits per heavy atom. The van der Waals surface area contributed by atoms with Gasteiger partial charge in [0.1, 0.15) is 17.2 Å². The predicted octanol–water partition coefficient (Wildman–Crippen LogP) is 3.88. The Labute approximate surface area is 144 Å². The van der Waals surface area contributed by atoms with Gasteiger partial charge in [0.25, 0.3) is 0 Å². The summed E-state index contributed by atoms with van der Waals surface area (Å²) in [4.78, 5) is 11.2. The Bertz CT molecular complexity index is 1030. The average molecular weight is 356 g/mol. The maximum absolute atomic E-state index is 11.2. The summed E-state index contributed by atoms with van der Waals surface area (Å²) in [6, 6.07) is 16.1. The van der Waals surface area contributed by atoms with Crippen LogP contribution in [-0.2, 0) is 10.5 Å². The zero-order valence-electron chi connectivity index (χ0n) is 13.0. The van der Waals surface area contributed by atoms with Crippen LogP contribution in [0, 0.1) is 6.92 Å². The molecular weight excluding hydrogens is 344 g/mol. The summed E-state index contributed by atoms with van der Waals surface area (Å²) in [5, 5.41) is 4.12. The maximum Gasteiger partial charge on any atom is 0.454 e. The van der Waals surface area contributed by atoms with Crippen LogP contribution in [0.25, 0.3) is 22.4 Å². The molecule has 3 aromatic rings. The van der Waals surface area contributed by atoms with Crippen molar-refractivity contribution in [1.29, 1.82) is 0 Å². The van der Waals surface area contributed by atoms with Crippen molar-refractivity contribution >= 4 is 16.6 Å². The van der Waals surface area contributed by atoms with Crippen molar-refractivity contribution in [2.24, 2.45) is 4.36 Å². The average Bonchev–Trinajstić information content (AvgIpc) is 2.97. The molecular formula is C17H12N2O5S. The van der Waals surface area contributed by atoms with Gasteiger partial charge in [-0.25, -0.2) is 4.79 Å². The maximum atomic E-state index is 11.2. The highest BCUT2D eigenvalue weighted by Crippen LogP contribution is 2.34. The Morgan fingerprint density at radius 1 is 1.04 bits per heavy atom. The minimum atomic E-state index is -2.85. The van der Waals surface area contributed by atoms with Gasteiger partial charge in [0.05, 0.1) is 5.56 Å². The molecule has 0 N–H and O–H groups in total. The van der Waals surface area contributed by atoms with Crippen LogP contribution in [0.15, 0.2) is 63.5 Å². The summed E-state index contributed by atoms with van der Waals surface area (Å²) in [7, 11) is -2.85. The van der Waals surface area contributed by atoms with E-state index in [0.29, 0.717) is 11.5 Å². The molecule has 0 saturated heterocycles. The van der Waals surface area contributed by atoms with Crippen LogP contribution >= 0.6 is 0 Å². The molecule has 1 amide bonds. The lowest BCUT2D eigenvalue weighted by Crippen LogP contribution is -2.01. The van der Waals surface area contributed by atoms with Gasteiger partial charge in [-0.05, 0) is 24.6 Å². The lowest BCUT2D eigenvalue weighted by molar-refractivity contribution is 0.212. The molecule has 0 unspecified atom stereocenters. The smallest absolute Gasteiger partial charge is 0.408 e. The van der Waals surface area contributed by atoms with Crippen molar-refractivity contribution in [2.75, 3.05) is 0 Å². The van der Waals surface area contributed by atoms with E-state index in [0.717, 1.165) is 16.7 Å². The standard InChI is InChI=1S/C17H12N2O5S/c1-11-15(16(18-24-11)13-5-3-2-4-6-13)12-7-9-14(10-8-12)23-17(20)19-25(21)22/h2-10H,1H3. The van der Waals surface area contributed by atoms with Gasteiger partial charge in [0.2, 0.25) is 0 Å². The highest BCUT2D eigenvalue weighted by molar-refractivity contribution is 7.62. The highest BCUT2D eigenvalue weighted by atomic mass is 32.2. The molecule has 0 radical (unpaired) electrons. The summed E-state index contributed by atoms with van der Waals surface area (Å²) < 4.78 is 33.5. The second-order valence-electron chi connectivity index (χ2n) is 5.03. The van der Waals surface area contributed by atoms with E-state index >= 15 is 0 Å². The second kappa shape index (κ2) is 7.10. The van der Waals surface area contributed by atoms with E-state index in [1.165, 1.54) is 12.1 Å². The summed E-state index contributed by atoms with van der Waals surface area (Å²) in [6.07, 6.45) is -1.20. The van der Waals surface area contributed by atoms with Crippen LogP contribution in [0.5, 0.6) is 5.75 Å². The number of nitrogens with zero attached hydrogens (tertiary/aromatic N) is 2. The zero-order valence-corrected chi connectivity index (χ0v) is 13.9. The number of hydrogen-bond acceptors (Lipinski definition) is 6. The van der Waals surface area contributed by atoms with Crippen molar-refractivity contribution in [3.63, 3.8) is 0 Å². The van der Waals surface area contributed by atoms with Gasteiger partial charge in [0, 0.05) is 5.56 Å². The minimum absolute atomic E-state index is 0.179. The molecule has 0 aliphatic carbocycles. The Kier molecular flexibility index (Phi) is 4.71. The van der Waals surface area contributed by atoms with Gasteiger partial charge < -0.3 is 9.26 Å². The Balaban J connectivity index is 1.92. The predicted molar refractivity (Wildman–Crippen MR) is 89.5 cm³/mol. The van der Waals surface area contributed by atoms with Gasteiger partial charge in [0.15, 0.2) is 0 Å². The topological polar surface area (TPSA) is 98.8 Å². The second-order valence-corrected chi connectivity index (χ2v) is 5.65. The first-order valence-corrected chi connectivity index (χ1v) is 8.23. The normalized spacial score (nSPS) is 10.3. The van der Waals surface area contributed by atoms with E-state index in [1.807, 2.05) is 37.3 Å². The van der Waals surface area contributed by atoms with E-state index in [2.05, 4.69) is 9.52 Å². The molecule has 0 aliphatic rings. The molecule has 3 rings (SSSR count). The Hall–Kier alpha value is -3.26. The monoisotopic (exact) mass is 356 g/mol. The highest BCUT2D eigenvalue weighted by Gasteiger charge is 2.16. The third kappa shape index (κ3) is 3.81. The fourth-order valence-electron chi connectivity index (χ4n) is 2.38. The van der Waals surface area contributed by atoms with Gasteiger partial charge in [-0.15, -0.1) is 0 Å². The molecule has 25 heavy (non-hydrogen) atoms. The van der Waals surface area contributed by atoms with E-state index in [1.54, 1.807) is 12.1 Å². The molecule has 2 aromatic carbocycles. The third-order valence-corrected chi connectivity index (χ3v) is 3.71. The number of amides is 1. The summed E-state index contributed by atoms with van der Waals surface area (Å²) in [5.74, 6) is 0.832. The molecule has 0 bridgehead atoms. The molecule has 0 aliphatic heterocycles. The van der Waals surface area contributed by atoms with Gasteiger partial charge in [-0.2, -0.15) is 8.42 Å². The van der Waals surface area contributed by atoms with Crippen molar-refractivity contribution in [3.05, 3.63) is 60.4 Å². The van der Waals surface area contributed by atoms with E-state index < -0.39 is 16.6 Å². The quantitative estimate of drug-likeness (QED) is 0.706. The Morgan fingerprint density at radius 2 is 1.72 bits per heavy atom. The first-order valence-electron chi connectivity index (χ1n) is 7.19. The SMILES string of the molecule is Cc1onc(-c2ccccc2)c1-c1ccc(OC(=O)N=S(=O)=O)cc1. The first kappa shape index (κ1) is 16.6. The van der Waals surface area contributed by atoms with Crippen molar-refractivity contribution < 1.29 is 22.5 Å². The van der Waals surface area contributed by atoms with Crippen molar-refractivity contribution in [3.8, 4) is 28.1 Å². The summed E-state index contributed by atoms with van der Waals surface area (Å²) in [6.45, 7) is 1.81. The minimum Gasteiger partial charge on any atom is -0.408 e. The summed E-state index contributed by atoms with van der Waals surface area (Å²) in [5.41, 5.74) is 3.28. The molecule has 126 valence electrons. The molecule has 0 saturated carbocycles. The first-order chi connectivity index (χ1) is 12.0. The number of ether oxygens (including phenoxy) is 1. The number of benzene rings is 2. The third-order valence-electron chi connectivity index (χ3n) is 3.41. The van der Waals surface area contributed by atoms with Crippen molar-refractivity contribution in [2.45, 2.75) is 6.92 Å². The van der Waals surface area contributed by atoms with Crippen LogP contribution in [0.4, 0.5) is 4.79 Å². The van der Waals surface area contributed by atoms with Crippen LogP contribution in [-0.4, -0.2) is 19.7 Å². The number of hydrogen-bond donors (Lipinski definition) is 0. The number of carbonyl (C=O) groups is 1. The van der Waals surface area contributed by atoms with Crippen LogP contribution in [0.2, 0.25) is 0 Å². The van der Waals surface area contributed by atoms with E-state index in [4.69, 9.17) is 9.26 Å². The zero-order chi connectivity index (χ0) is 17.8. The lowest BCUT2D eigenvalue weighted by atomic mass is 9.99. The molecule has 1 heterocycles. The van der Waals surface area contributed by atoms with Gasteiger partial charge >= 0.3 is 16.6 Å². The van der Waals surface area contributed by atoms with E-state index in [9.17, 15) is 13.2 Å².